The van der Waals surface area contributed by atoms with Gasteiger partial charge in [0, 0.05) is 32.1 Å². The molecule has 1 aromatic rings. The predicted molar refractivity (Wildman–Crippen MR) is 71.9 cm³/mol. The number of ether oxygens (including phenoxy) is 1. The molecule has 3 N–H and O–H groups in total. The van der Waals surface area contributed by atoms with Gasteiger partial charge in [0.15, 0.2) is 0 Å². The second kappa shape index (κ2) is 5.27. The van der Waals surface area contributed by atoms with E-state index in [0.717, 1.165) is 12.1 Å². The Balaban J connectivity index is 2.19. The van der Waals surface area contributed by atoms with Crippen molar-refractivity contribution in [1.29, 1.82) is 0 Å². The topological polar surface area (TPSA) is 67.6 Å². The van der Waals surface area contributed by atoms with Crippen molar-refractivity contribution >= 4 is 17.3 Å². The van der Waals surface area contributed by atoms with Crippen molar-refractivity contribution in [2.24, 2.45) is 0 Å². The van der Waals surface area contributed by atoms with Gasteiger partial charge < -0.3 is 20.7 Å². The van der Waals surface area contributed by atoms with Gasteiger partial charge in [0.1, 0.15) is 0 Å². The van der Waals surface area contributed by atoms with Crippen molar-refractivity contribution < 1.29 is 9.53 Å². The molecule has 0 spiro atoms. The number of benzene rings is 1. The molecule has 1 aromatic carbocycles. The minimum Gasteiger partial charge on any atom is -0.399 e. The number of amides is 1. The van der Waals surface area contributed by atoms with E-state index in [0.29, 0.717) is 24.5 Å². The van der Waals surface area contributed by atoms with Crippen molar-refractivity contribution in [1.82, 2.24) is 5.32 Å². The largest absolute Gasteiger partial charge is 0.399 e. The number of nitrogens with two attached hydrogens (primary N) is 1. The third-order valence-corrected chi connectivity index (χ3v) is 3.01. The Morgan fingerprint density at radius 1 is 1.50 bits per heavy atom. The van der Waals surface area contributed by atoms with E-state index in [1.54, 1.807) is 12.1 Å². The van der Waals surface area contributed by atoms with Crippen LogP contribution in [0.1, 0.15) is 16.8 Å². The molecule has 1 aliphatic heterocycles. The maximum atomic E-state index is 12.2. The van der Waals surface area contributed by atoms with E-state index in [1.165, 1.54) is 0 Å². The Labute approximate surface area is 107 Å². The third kappa shape index (κ3) is 2.73. The van der Waals surface area contributed by atoms with Gasteiger partial charge in [0.2, 0.25) is 0 Å². The molecule has 0 saturated carbocycles. The SMILES string of the molecule is CN(C)c1ccc(N)cc1C(=O)NC1CCOC1. The fourth-order valence-electron chi connectivity index (χ4n) is 2.04. The number of rotatable bonds is 3. The van der Waals surface area contributed by atoms with Crippen LogP contribution in [0, 0.1) is 0 Å². The molecule has 0 aromatic heterocycles. The number of nitrogens with one attached hydrogen (secondary N) is 1. The highest BCUT2D eigenvalue weighted by Crippen LogP contribution is 2.21. The third-order valence-electron chi connectivity index (χ3n) is 3.01. The standard InChI is InChI=1S/C13H19N3O2/c1-16(2)12-4-3-9(14)7-11(12)13(17)15-10-5-6-18-8-10/h3-4,7,10H,5-6,8,14H2,1-2H3,(H,15,17). The van der Waals surface area contributed by atoms with E-state index in [4.69, 9.17) is 10.5 Å². The Morgan fingerprint density at radius 3 is 2.89 bits per heavy atom. The Bertz CT molecular complexity index is 440. The van der Waals surface area contributed by atoms with Crippen LogP contribution in [0.25, 0.3) is 0 Å². The highest BCUT2D eigenvalue weighted by Gasteiger charge is 2.20. The van der Waals surface area contributed by atoms with Crippen molar-refractivity contribution in [2.45, 2.75) is 12.5 Å². The maximum absolute atomic E-state index is 12.2. The predicted octanol–water partition coefficient (Wildman–Crippen LogP) is 0.854. The maximum Gasteiger partial charge on any atom is 0.253 e. The number of anilines is 2. The van der Waals surface area contributed by atoms with Gasteiger partial charge in [-0.05, 0) is 24.6 Å². The van der Waals surface area contributed by atoms with Crippen molar-refractivity contribution in [3.8, 4) is 0 Å². The van der Waals surface area contributed by atoms with E-state index in [1.807, 2.05) is 25.1 Å². The minimum absolute atomic E-state index is 0.0958. The second-order valence-corrected chi connectivity index (χ2v) is 4.70. The van der Waals surface area contributed by atoms with E-state index < -0.39 is 0 Å². The molecule has 98 valence electrons. The highest BCUT2D eigenvalue weighted by atomic mass is 16.5. The van der Waals surface area contributed by atoms with Crippen LogP contribution in [-0.2, 0) is 4.74 Å². The lowest BCUT2D eigenvalue weighted by Crippen LogP contribution is -2.35. The number of nitrogen functional groups attached to an aromatic ring is 1. The van der Waals surface area contributed by atoms with Crippen molar-refractivity contribution in [3.05, 3.63) is 23.8 Å². The zero-order chi connectivity index (χ0) is 13.1. The van der Waals surface area contributed by atoms with Crippen LogP contribution in [-0.4, -0.2) is 39.3 Å². The van der Waals surface area contributed by atoms with Crippen LogP contribution in [0.3, 0.4) is 0 Å². The zero-order valence-corrected chi connectivity index (χ0v) is 10.8. The first-order valence-electron chi connectivity index (χ1n) is 6.03. The lowest BCUT2D eigenvalue weighted by Gasteiger charge is -2.19. The van der Waals surface area contributed by atoms with Gasteiger partial charge in [0.25, 0.3) is 5.91 Å². The molecule has 1 amide bonds. The van der Waals surface area contributed by atoms with Gasteiger partial charge in [0.05, 0.1) is 18.2 Å². The van der Waals surface area contributed by atoms with E-state index in [-0.39, 0.29) is 11.9 Å². The smallest absolute Gasteiger partial charge is 0.253 e. The molecule has 1 saturated heterocycles. The number of carbonyl (C=O) groups excluding carboxylic acids is 1. The molecule has 1 atom stereocenters. The Morgan fingerprint density at radius 2 is 2.28 bits per heavy atom. The summed E-state index contributed by atoms with van der Waals surface area (Å²) in [7, 11) is 3.81. The summed E-state index contributed by atoms with van der Waals surface area (Å²) >= 11 is 0. The first kappa shape index (κ1) is 12.7. The lowest BCUT2D eigenvalue weighted by molar-refractivity contribution is 0.0930. The first-order chi connectivity index (χ1) is 8.58. The van der Waals surface area contributed by atoms with Crippen LogP contribution >= 0.6 is 0 Å². The summed E-state index contributed by atoms with van der Waals surface area (Å²) in [6.07, 6.45) is 0.866. The summed E-state index contributed by atoms with van der Waals surface area (Å²) in [6.45, 7) is 1.30. The average Bonchev–Trinajstić information content (AvgIpc) is 2.81. The summed E-state index contributed by atoms with van der Waals surface area (Å²) in [5.74, 6) is -0.0958. The first-order valence-corrected chi connectivity index (χ1v) is 6.03. The summed E-state index contributed by atoms with van der Waals surface area (Å²) in [5, 5.41) is 2.97. The number of nitrogens with zero attached hydrogens (tertiary/aromatic N) is 1. The zero-order valence-electron chi connectivity index (χ0n) is 10.8. The van der Waals surface area contributed by atoms with Gasteiger partial charge in [-0.1, -0.05) is 0 Å². The molecule has 2 rings (SSSR count). The van der Waals surface area contributed by atoms with Crippen LogP contribution in [0.4, 0.5) is 11.4 Å². The second-order valence-electron chi connectivity index (χ2n) is 4.70. The number of carbonyl (C=O) groups is 1. The van der Waals surface area contributed by atoms with Gasteiger partial charge >= 0.3 is 0 Å². The molecule has 0 radical (unpaired) electrons. The molecule has 1 aliphatic rings. The van der Waals surface area contributed by atoms with Gasteiger partial charge in [-0.2, -0.15) is 0 Å². The normalized spacial score (nSPS) is 18.7. The number of hydrogen-bond acceptors (Lipinski definition) is 4. The molecule has 5 nitrogen and oxygen atoms in total. The van der Waals surface area contributed by atoms with Gasteiger partial charge in [-0.25, -0.2) is 0 Å². The Kier molecular flexibility index (Phi) is 3.72. The molecule has 1 heterocycles. The summed E-state index contributed by atoms with van der Waals surface area (Å²) in [6, 6.07) is 5.47. The molecule has 1 fully saturated rings. The van der Waals surface area contributed by atoms with Crippen LogP contribution < -0.4 is 16.0 Å². The molecule has 0 aliphatic carbocycles. The molecule has 1 unspecified atom stereocenters. The average molecular weight is 249 g/mol. The van der Waals surface area contributed by atoms with Crippen LogP contribution in [0.15, 0.2) is 18.2 Å². The summed E-state index contributed by atoms with van der Waals surface area (Å²) < 4.78 is 5.25. The van der Waals surface area contributed by atoms with E-state index >= 15 is 0 Å². The van der Waals surface area contributed by atoms with E-state index in [2.05, 4.69) is 5.32 Å². The van der Waals surface area contributed by atoms with Crippen molar-refractivity contribution in [2.75, 3.05) is 37.9 Å². The number of hydrogen-bond donors (Lipinski definition) is 2. The van der Waals surface area contributed by atoms with Gasteiger partial charge in [-0.3, -0.25) is 4.79 Å². The molecular weight excluding hydrogens is 230 g/mol. The fraction of sp³-hybridized carbons (Fsp3) is 0.462. The molecule has 18 heavy (non-hydrogen) atoms. The molecule has 5 heteroatoms. The minimum atomic E-state index is -0.0958. The quantitative estimate of drug-likeness (QED) is 0.779. The fourth-order valence-corrected chi connectivity index (χ4v) is 2.04. The van der Waals surface area contributed by atoms with E-state index in [9.17, 15) is 4.79 Å². The van der Waals surface area contributed by atoms with Crippen LogP contribution in [0.2, 0.25) is 0 Å². The molecule has 0 bridgehead atoms. The highest BCUT2D eigenvalue weighted by molar-refractivity contribution is 6.00. The van der Waals surface area contributed by atoms with Crippen LogP contribution in [0.5, 0.6) is 0 Å². The molecular formula is C13H19N3O2. The summed E-state index contributed by atoms with van der Waals surface area (Å²) in [5.41, 5.74) is 7.81. The van der Waals surface area contributed by atoms with Gasteiger partial charge in [-0.15, -0.1) is 0 Å². The van der Waals surface area contributed by atoms with Crippen molar-refractivity contribution in [3.63, 3.8) is 0 Å². The Hall–Kier alpha value is -1.75. The summed E-state index contributed by atoms with van der Waals surface area (Å²) in [4.78, 5) is 14.1. The lowest BCUT2D eigenvalue weighted by atomic mass is 10.1. The monoisotopic (exact) mass is 249 g/mol.